The van der Waals surface area contributed by atoms with Crippen LogP contribution in [-0.4, -0.2) is 29.2 Å². The van der Waals surface area contributed by atoms with Crippen LogP contribution in [0.5, 0.6) is 0 Å². The summed E-state index contributed by atoms with van der Waals surface area (Å²) in [7, 11) is 0. The van der Waals surface area contributed by atoms with Crippen molar-refractivity contribution in [2.24, 2.45) is 0 Å². The highest BCUT2D eigenvalue weighted by molar-refractivity contribution is 4.98. The molecule has 3 heteroatoms. The first-order chi connectivity index (χ1) is 6.24. The zero-order chi connectivity index (χ0) is 9.68. The molecule has 1 N–H and O–H groups in total. The number of hydrogen-bond acceptors (Lipinski definition) is 3. The lowest BCUT2D eigenvalue weighted by molar-refractivity contribution is 0.150. The average molecular weight is 183 g/mol. The summed E-state index contributed by atoms with van der Waals surface area (Å²) in [6.45, 7) is 5.87. The van der Waals surface area contributed by atoms with Crippen molar-refractivity contribution in [1.82, 2.24) is 4.90 Å². The van der Waals surface area contributed by atoms with Gasteiger partial charge in [0.05, 0.1) is 19.4 Å². The minimum Gasteiger partial charge on any atom is -0.468 e. The van der Waals surface area contributed by atoms with E-state index in [2.05, 4.69) is 18.7 Å². The number of furan rings is 1. The van der Waals surface area contributed by atoms with Gasteiger partial charge in [-0.3, -0.25) is 4.90 Å². The second-order valence-electron chi connectivity index (χ2n) is 3.37. The summed E-state index contributed by atoms with van der Waals surface area (Å²) in [6, 6.07) is 4.26. The van der Waals surface area contributed by atoms with Gasteiger partial charge in [-0.05, 0) is 26.0 Å². The number of aliphatic hydroxyl groups is 1. The number of hydrogen-bond donors (Lipinski definition) is 1. The zero-order valence-electron chi connectivity index (χ0n) is 8.23. The first-order valence-corrected chi connectivity index (χ1v) is 4.61. The fraction of sp³-hybridized carbons (Fsp3) is 0.600. The van der Waals surface area contributed by atoms with Crippen LogP contribution in [-0.2, 0) is 6.54 Å². The minimum absolute atomic E-state index is 0.193. The van der Waals surface area contributed by atoms with Gasteiger partial charge in [0, 0.05) is 12.6 Å². The Morgan fingerprint density at radius 2 is 2.31 bits per heavy atom. The van der Waals surface area contributed by atoms with E-state index >= 15 is 0 Å². The summed E-state index contributed by atoms with van der Waals surface area (Å²) in [5.41, 5.74) is 0. The predicted molar refractivity (Wildman–Crippen MR) is 51.3 cm³/mol. The molecule has 0 unspecified atom stereocenters. The molecule has 1 aromatic heterocycles. The highest BCUT2D eigenvalue weighted by Crippen LogP contribution is 2.07. The standard InChI is InChI=1S/C10H17NO2/c1-9(2)11(5-6-12)8-10-4-3-7-13-10/h3-4,7,9,12H,5-6,8H2,1-2H3. The van der Waals surface area contributed by atoms with Gasteiger partial charge in [-0.1, -0.05) is 0 Å². The Balaban J connectivity index is 2.47. The van der Waals surface area contributed by atoms with E-state index in [9.17, 15) is 0 Å². The summed E-state index contributed by atoms with van der Waals surface area (Å²) in [4.78, 5) is 2.17. The predicted octanol–water partition coefficient (Wildman–Crippen LogP) is 1.48. The zero-order valence-corrected chi connectivity index (χ0v) is 8.23. The van der Waals surface area contributed by atoms with Gasteiger partial charge >= 0.3 is 0 Å². The van der Waals surface area contributed by atoms with E-state index in [4.69, 9.17) is 9.52 Å². The molecule has 1 heterocycles. The molecule has 13 heavy (non-hydrogen) atoms. The molecule has 0 radical (unpaired) electrons. The first kappa shape index (κ1) is 10.3. The molecule has 0 aliphatic carbocycles. The van der Waals surface area contributed by atoms with Gasteiger partial charge in [0.15, 0.2) is 0 Å². The van der Waals surface area contributed by atoms with E-state index in [1.807, 2.05) is 12.1 Å². The number of nitrogens with zero attached hydrogens (tertiary/aromatic N) is 1. The SMILES string of the molecule is CC(C)N(CCO)Cc1ccco1. The van der Waals surface area contributed by atoms with Crippen molar-refractivity contribution < 1.29 is 9.52 Å². The van der Waals surface area contributed by atoms with E-state index in [0.29, 0.717) is 12.6 Å². The molecular weight excluding hydrogens is 166 g/mol. The summed E-state index contributed by atoms with van der Waals surface area (Å²) >= 11 is 0. The first-order valence-electron chi connectivity index (χ1n) is 4.61. The maximum Gasteiger partial charge on any atom is 0.117 e. The van der Waals surface area contributed by atoms with Crippen LogP contribution < -0.4 is 0 Å². The molecule has 0 atom stereocenters. The molecule has 74 valence electrons. The van der Waals surface area contributed by atoms with E-state index in [0.717, 1.165) is 12.3 Å². The van der Waals surface area contributed by atoms with E-state index in [1.165, 1.54) is 0 Å². The highest BCUT2D eigenvalue weighted by atomic mass is 16.3. The van der Waals surface area contributed by atoms with E-state index in [1.54, 1.807) is 6.26 Å². The molecule has 0 amide bonds. The summed E-state index contributed by atoms with van der Waals surface area (Å²) in [5.74, 6) is 0.946. The molecule has 0 fully saturated rings. The van der Waals surface area contributed by atoms with Crippen LogP contribution in [0.2, 0.25) is 0 Å². The minimum atomic E-state index is 0.193. The van der Waals surface area contributed by atoms with E-state index in [-0.39, 0.29) is 6.61 Å². The summed E-state index contributed by atoms with van der Waals surface area (Å²) in [5, 5.41) is 8.84. The van der Waals surface area contributed by atoms with Crippen molar-refractivity contribution in [3.8, 4) is 0 Å². The monoisotopic (exact) mass is 183 g/mol. The largest absolute Gasteiger partial charge is 0.468 e. The van der Waals surface area contributed by atoms with Gasteiger partial charge in [0.25, 0.3) is 0 Å². The van der Waals surface area contributed by atoms with Crippen LogP contribution in [0.4, 0.5) is 0 Å². The van der Waals surface area contributed by atoms with Crippen LogP contribution in [0.25, 0.3) is 0 Å². The molecule has 0 spiro atoms. The maximum absolute atomic E-state index is 8.84. The van der Waals surface area contributed by atoms with Gasteiger partial charge in [-0.25, -0.2) is 0 Å². The number of rotatable bonds is 5. The molecule has 0 saturated carbocycles. The van der Waals surface area contributed by atoms with Gasteiger partial charge in [-0.2, -0.15) is 0 Å². The third kappa shape index (κ3) is 3.20. The summed E-state index contributed by atoms with van der Waals surface area (Å²) < 4.78 is 5.24. The maximum atomic E-state index is 8.84. The van der Waals surface area contributed by atoms with Crippen molar-refractivity contribution in [2.75, 3.05) is 13.2 Å². The van der Waals surface area contributed by atoms with Crippen LogP contribution >= 0.6 is 0 Å². The Hall–Kier alpha value is -0.800. The Bertz CT molecular complexity index is 219. The van der Waals surface area contributed by atoms with Crippen molar-refractivity contribution in [3.63, 3.8) is 0 Å². The third-order valence-corrected chi connectivity index (χ3v) is 2.06. The van der Waals surface area contributed by atoms with E-state index < -0.39 is 0 Å². The van der Waals surface area contributed by atoms with Crippen LogP contribution in [0.3, 0.4) is 0 Å². The van der Waals surface area contributed by atoms with Crippen molar-refractivity contribution in [1.29, 1.82) is 0 Å². The normalized spacial score (nSPS) is 11.5. The molecule has 1 aromatic rings. The lowest BCUT2D eigenvalue weighted by atomic mass is 10.3. The molecule has 0 aliphatic rings. The molecule has 1 rings (SSSR count). The van der Waals surface area contributed by atoms with Gasteiger partial charge in [0.1, 0.15) is 5.76 Å². The van der Waals surface area contributed by atoms with Crippen LogP contribution in [0.1, 0.15) is 19.6 Å². The molecule has 3 nitrogen and oxygen atoms in total. The quantitative estimate of drug-likeness (QED) is 0.751. The highest BCUT2D eigenvalue weighted by Gasteiger charge is 2.10. The smallest absolute Gasteiger partial charge is 0.117 e. The fourth-order valence-corrected chi connectivity index (χ4v) is 1.25. The Labute approximate surface area is 79.0 Å². The lowest BCUT2D eigenvalue weighted by Crippen LogP contribution is -2.32. The fourth-order valence-electron chi connectivity index (χ4n) is 1.25. The van der Waals surface area contributed by atoms with Gasteiger partial charge in [-0.15, -0.1) is 0 Å². The van der Waals surface area contributed by atoms with Gasteiger partial charge in [0.2, 0.25) is 0 Å². The van der Waals surface area contributed by atoms with Crippen molar-refractivity contribution >= 4 is 0 Å². The molecule has 0 bridgehead atoms. The van der Waals surface area contributed by atoms with Crippen LogP contribution in [0, 0.1) is 0 Å². The molecular formula is C10H17NO2. The topological polar surface area (TPSA) is 36.6 Å². The average Bonchev–Trinajstić information content (AvgIpc) is 2.56. The molecule has 0 aliphatic heterocycles. The summed E-state index contributed by atoms with van der Waals surface area (Å²) in [6.07, 6.45) is 1.67. The molecule has 0 saturated heterocycles. The molecule has 0 aromatic carbocycles. The van der Waals surface area contributed by atoms with Crippen molar-refractivity contribution in [3.05, 3.63) is 24.2 Å². The van der Waals surface area contributed by atoms with Crippen molar-refractivity contribution in [2.45, 2.75) is 26.4 Å². The van der Waals surface area contributed by atoms with Gasteiger partial charge < -0.3 is 9.52 Å². The Morgan fingerprint density at radius 1 is 1.54 bits per heavy atom. The Kier molecular flexibility index (Phi) is 3.99. The Morgan fingerprint density at radius 3 is 2.77 bits per heavy atom. The third-order valence-electron chi connectivity index (χ3n) is 2.06. The second-order valence-corrected chi connectivity index (χ2v) is 3.37. The number of aliphatic hydroxyl groups excluding tert-OH is 1. The second kappa shape index (κ2) is 5.04. The lowest BCUT2D eigenvalue weighted by Gasteiger charge is -2.24. The van der Waals surface area contributed by atoms with Crippen LogP contribution in [0.15, 0.2) is 22.8 Å².